The molecule has 0 bridgehead atoms. The minimum absolute atomic E-state index is 0.106. The van der Waals surface area contributed by atoms with E-state index >= 15 is 0 Å². The van der Waals surface area contributed by atoms with E-state index in [9.17, 15) is 9.59 Å². The summed E-state index contributed by atoms with van der Waals surface area (Å²) in [6, 6.07) is 14.6. The summed E-state index contributed by atoms with van der Waals surface area (Å²) >= 11 is 0. The van der Waals surface area contributed by atoms with Crippen LogP contribution in [0.15, 0.2) is 48.5 Å². The van der Waals surface area contributed by atoms with Gasteiger partial charge in [-0.05, 0) is 49.2 Å². The molecule has 2 rings (SSSR count). The van der Waals surface area contributed by atoms with Gasteiger partial charge in [-0.3, -0.25) is 9.59 Å². The number of rotatable bonds is 7. The molecule has 6 heteroatoms. The maximum absolute atomic E-state index is 11.9. The second-order valence-corrected chi connectivity index (χ2v) is 6.02. The summed E-state index contributed by atoms with van der Waals surface area (Å²) in [6.07, 6.45) is 0.106. The molecule has 0 unspecified atom stereocenters. The average molecular weight is 356 g/mol. The molecule has 0 fully saturated rings. The van der Waals surface area contributed by atoms with E-state index in [-0.39, 0.29) is 19.2 Å². The molecular formula is C20H24N2O4. The first-order chi connectivity index (χ1) is 12.5. The van der Waals surface area contributed by atoms with E-state index in [0.29, 0.717) is 0 Å². The smallest absolute Gasteiger partial charge is 0.309 e. The summed E-state index contributed by atoms with van der Waals surface area (Å²) in [5.74, 6) is 0.177. The summed E-state index contributed by atoms with van der Waals surface area (Å²) in [6.45, 7) is 4.46. The number of methoxy groups -OCH3 is 1. The molecule has 0 saturated carbocycles. The molecule has 0 aliphatic heterocycles. The molecule has 138 valence electrons. The van der Waals surface area contributed by atoms with Crippen molar-refractivity contribution in [2.45, 2.75) is 33.0 Å². The molecular weight excluding hydrogens is 332 g/mol. The Morgan fingerprint density at radius 1 is 0.808 bits per heavy atom. The molecule has 0 saturated heterocycles. The fraction of sp³-hybridized carbons (Fsp3) is 0.300. The lowest BCUT2D eigenvalue weighted by Gasteiger charge is -2.10. The first kappa shape index (κ1) is 19.3. The Hall–Kier alpha value is -3.02. The zero-order valence-electron chi connectivity index (χ0n) is 15.2. The summed E-state index contributed by atoms with van der Waals surface area (Å²) in [7, 11) is 1.59. The lowest BCUT2D eigenvalue weighted by atomic mass is 10.2. The number of nitrogens with one attached hydrogen (secondary N) is 2. The molecule has 0 aromatic heterocycles. The van der Waals surface area contributed by atoms with Crippen LogP contribution in [0.5, 0.6) is 11.5 Å². The van der Waals surface area contributed by atoms with Gasteiger partial charge in [-0.15, -0.1) is 0 Å². The number of carbonyl (C=O) groups excluding carboxylic acids is 2. The predicted octanol–water partition coefficient (Wildman–Crippen LogP) is 2.41. The Balaban J connectivity index is 1.76. The first-order valence-corrected chi connectivity index (χ1v) is 8.42. The van der Waals surface area contributed by atoms with Crippen LogP contribution in [0.2, 0.25) is 0 Å². The van der Waals surface area contributed by atoms with Gasteiger partial charge in [0.2, 0.25) is 0 Å². The van der Waals surface area contributed by atoms with Crippen LogP contribution in [0.1, 0.15) is 25.0 Å². The topological polar surface area (TPSA) is 76.7 Å². The highest BCUT2D eigenvalue weighted by Crippen LogP contribution is 2.13. The number of benzene rings is 2. The fourth-order valence-corrected chi connectivity index (χ4v) is 2.23. The van der Waals surface area contributed by atoms with E-state index in [1.165, 1.54) is 0 Å². The van der Waals surface area contributed by atoms with Crippen molar-refractivity contribution in [3.63, 3.8) is 0 Å². The van der Waals surface area contributed by atoms with Gasteiger partial charge in [-0.2, -0.15) is 0 Å². The van der Waals surface area contributed by atoms with Crippen molar-refractivity contribution in [2.75, 3.05) is 7.11 Å². The van der Waals surface area contributed by atoms with Gasteiger partial charge in [0.1, 0.15) is 11.5 Å². The van der Waals surface area contributed by atoms with Crippen molar-refractivity contribution >= 4 is 11.8 Å². The number of hydrogen-bond acceptors (Lipinski definition) is 4. The molecule has 2 aromatic carbocycles. The Kier molecular flexibility index (Phi) is 7.02. The molecule has 2 amide bonds. The van der Waals surface area contributed by atoms with Crippen LogP contribution in [0.3, 0.4) is 0 Å². The average Bonchev–Trinajstić information content (AvgIpc) is 2.65. The second kappa shape index (κ2) is 9.46. The number of amides is 2. The fourth-order valence-electron chi connectivity index (χ4n) is 2.23. The lowest BCUT2D eigenvalue weighted by molar-refractivity contribution is -0.139. The largest absolute Gasteiger partial charge is 0.497 e. The molecule has 0 spiro atoms. The zero-order valence-corrected chi connectivity index (χ0v) is 15.2. The third-order valence-electron chi connectivity index (χ3n) is 3.57. The summed E-state index contributed by atoms with van der Waals surface area (Å²) < 4.78 is 10.6. The quantitative estimate of drug-likeness (QED) is 0.747. The highest BCUT2D eigenvalue weighted by atomic mass is 16.5. The van der Waals surface area contributed by atoms with Crippen molar-refractivity contribution in [1.82, 2.24) is 10.6 Å². The van der Waals surface area contributed by atoms with Gasteiger partial charge in [0.05, 0.1) is 13.2 Å². The van der Waals surface area contributed by atoms with Crippen LogP contribution in [0.4, 0.5) is 0 Å². The third-order valence-corrected chi connectivity index (χ3v) is 3.57. The van der Waals surface area contributed by atoms with E-state index in [1.54, 1.807) is 19.2 Å². The highest BCUT2D eigenvalue weighted by molar-refractivity contribution is 6.35. The SMILES string of the molecule is COc1ccc(CNC(=O)C(=O)NCc2ccc(OC(C)C)cc2)cc1. The molecule has 2 N–H and O–H groups in total. The van der Waals surface area contributed by atoms with Crippen molar-refractivity contribution in [1.29, 1.82) is 0 Å². The van der Waals surface area contributed by atoms with Crippen LogP contribution in [0, 0.1) is 0 Å². The minimum atomic E-state index is -0.666. The molecule has 6 nitrogen and oxygen atoms in total. The zero-order chi connectivity index (χ0) is 18.9. The molecule has 0 radical (unpaired) electrons. The van der Waals surface area contributed by atoms with E-state index in [1.807, 2.05) is 50.2 Å². The van der Waals surface area contributed by atoms with Gasteiger partial charge in [-0.25, -0.2) is 0 Å². The molecule has 26 heavy (non-hydrogen) atoms. The van der Waals surface area contributed by atoms with Crippen LogP contribution < -0.4 is 20.1 Å². The number of ether oxygens (including phenoxy) is 2. The van der Waals surface area contributed by atoms with Crippen LogP contribution in [0.25, 0.3) is 0 Å². The summed E-state index contributed by atoms with van der Waals surface area (Å²) in [5, 5.41) is 5.19. The standard InChI is InChI=1S/C20H24N2O4/c1-14(2)26-18-10-6-16(7-11-18)13-22-20(24)19(23)21-12-15-4-8-17(25-3)9-5-15/h4-11,14H,12-13H2,1-3H3,(H,21,23)(H,22,24). The number of carbonyl (C=O) groups is 2. The lowest BCUT2D eigenvalue weighted by Crippen LogP contribution is -2.39. The minimum Gasteiger partial charge on any atom is -0.497 e. The molecule has 0 atom stereocenters. The van der Waals surface area contributed by atoms with Gasteiger partial charge >= 0.3 is 11.8 Å². The van der Waals surface area contributed by atoms with E-state index in [0.717, 1.165) is 22.6 Å². The Bertz CT molecular complexity index is 724. The van der Waals surface area contributed by atoms with Crippen molar-refractivity contribution in [2.24, 2.45) is 0 Å². The third kappa shape index (κ3) is 6.12. The maximum atomic E-state index is 11.9. The summed E-state index contributed by atoms with van der Waals surface area (Å²) in [4.78, 5) is 23.8. The van der Waals surface area contributed by atoms with Crippen molar-refractivity contribution < 1.29 is 19.1 Å². The van der Waals surface area contributed by atoms with E-state index in [4.69, 9.17) is 9.47 Å². The first-order valence-electron chi connectivity index (χ1n) is 8.42. The van der Waals surface area contributed by atoms with Crippen LogP contribution in [-0.4, -0.2) is 25.0 Å². The van der Waals surface area contributed by atoms with Crippen LogP contribution >= 0.6 is 0 Å². The molecule has 2 aromatic rings. The molecule has 0 heterocycles. The second-order valence-electron chi connectivity index (χ2n) is 6.02. The Morgan fingerprint density at radius 2 is 1.23 bits per heavy atom. The number of hydrogen-bond donors (Lipinski definition) is 2. The van der Waals surface area contributed by atoms with E-state index in [2.05, 4.69) is 10.6 Å². The maximum Gasteiger partial charge on any atom is 0.309 e. The van der Waals surface area contributed by atoms with Crippen molar-refractivity contribution in [3.8, 4) is 11.5 Å². The molecule has 0 aliphatic rings. The van der Waals surface area contributed by atoms with Crippen LogP contribution in [-0.2, 0) is 22.7 Å². The van der Waals surface area contributed by atoms with Gasteiger partial charge in [0.15, 0.2) is 0 Å². The van der Waals surface area contributed by atoms with Gasteiger partial charge in [0.25, 0.3) is 0 Å². The predicted molar refractivity (Wildman–Crippen MR) is 98.9 cm³/mol. The monoisotopic (exact) mass is 356 g/mol. The molecule has 0 aliphatic carbocycles. The Morgan fingerprint density at radius 3 is 1.62 bits per heavy atom. The van der Waals surface area contributed by atoms with Gasteiger partial charge < -0.3 is 20.1 Å². The summed E-state index contributed by atoms with van der Waals surface area (Å²) in [5.41, 5.74) is 1.77. The van der Waals surface area contributed by atoms with Crippen molar-refractivity contribution in [3.05, 3.63) is 59.7 Å². The normalized spacial score (nSPS) is 10.3. The van der Waals surface area contributed by atoms with E-state index < -0.39 is 11.8 Å². The van der Waals surface area contributed by atoms with Gasteiger partial charge in [0, 0.05) is 13.1 Å². The Labute approximate surface area is 153 Å². The highest BCUT2D eigenvalue weighted by Gasteiger charge is 2.12. The van der Waals surface area contributed by atoms with Gasteiger partial charge in [-0.1, -0.05) is 24.3 Å².